The van der Waals surface area contributed by atoms with Crippen molar-refractivity contribution < 1.29 is 9.59 Å². The van der Waals surface area contributed by atoms with Crippen LogP contribution in [0.1, 0.15) is 41.2 Å². The van der Waals surface area contributed by atoms with Gasteiger partial charge in [0.1, 0.15) is 5.69 Å². The Morgan fingerprint density at radius 1 is 1.33 bits per heavy atom. The van der Waals surface area contributed by atoms with Crippen LogP contribution >= 0.6 is 11.3 Å². The van der Waals surface area contributed by atoms with Crippen molar-refractivity contribution in [2.75, 3.05) is 19.6 Å². The molecule has 1 aromatic rings. The predicted molar refractivity (Wildman–Crippen MR) is 82.2 cm³/mol. The normalized spacial score (nSPS) is 14.5. The van der Waals surface area contributed by atoms with Crippen LogP contribution in [0.5, 0.6) is 0 Å². The van der Waals surface area contributed by atoms with E-state index in [0.717, 1.165) is 30.7 Å². The molecular formula is C14H22N4O2S. The molecule has 21 heavy (non-hydrogen) atoms. The van der Waals surface area contributed by atoms with Crippen LogP contribution < -0.4 is 16.4 Å². The quantitative estimate of drug-likeness (QED) is 0.615. The minimum absolute atomic E-state index is 0.151. The van der Waals surface area contributed by atoms with E-state index in [2.05, 4.69) is 15.6 Å². The fourth-order valence-electron chi connectivity index (χ4n) is 2.06. The summed E-state index contributed by atoms with van der Waals surface area (Å²) in [5.41, 5.74) is 5.90. The SMILES string of the molecule is NCCc1nc(C(=O)NCCCNC(=O)C2CCC2)cs1. The Hall–Kier alpha value is -1.47. The first-order valence-corrected chi connectivity index (χ1v) is 8.29. The summed E-state index contributed by atoms with van der Waals surface area (Å²) in [5, 5.41) is 8.34. The molecule has 0 aromatic carbocycles. The van der Waals surface area contributed by atoms with E-state index in [-0.39, 0.29) is 17.7 Å². The predicted octanol–water partition coefficient (Wildman–Crippen LogP) is 0.680. The van der Waals surface area contributed by atoms with Crippen molar-refractivity contribution in [1.82, 2.24) is 15.6 Å². The van der Waals surface area contributed by atoms with Crippen molar-refractivity contribution in [3.05, 3.63) is 16.1 Å². The third kappa shape index (κ3) is 4.78. The number of hydrogen-bond acceptors (Lipinski definition) is 5. The van der Waals surface area contributed by atoms with Gasteiger partial charge in [-0.3, -0.25) is 9.59 Å². The lowest BCUT2D eigenvalue weighted by Crippen LogP contribution is -2.36. The highest BCUT2D eigenvalue weighted by Crippen LogP contribution is 2.25. The zero-order valence-corrected chi connectivity index (χ0v) is 12.9. The summed E-state index contributed by atoms with van der Waals surface area (Å²) in [4.78, 5) is 27.7. The van der Waals surface area contributed by atoms with Gasteiger partial charge in [0.15, 0.2) is 0 Å². The molecule has 0 saturated heterocycles. The fourth-order valence-corrected chi connectivity index (χ4v) is 2.85. The minimum atomic E-state index is -0.167. The number of hydrogen-bond donors (Lipinski definition) is 3. The lowest BCUT2D eigenvalue weighted by Gasteiger charge is -2.23. The maximum Gasteiger partial charge on any atom is 0.270 e. The molecule has 1 fully saturated rings. The van der Waals surface area contributed by atoms with Gasteiger partial charge in [-0.1, -0.05) is 6.42 Å². The summed E-state index contributed by atoms with van der Waals surface area (Å²) < 4.78 is 0. The molecule has 2 amide bonds. The molecule has 6 nitrogen and oxygen atoms in total. The van der Waals surface area contributed by atoms with E-state index >= 15 is 0 Å². The van der Waals surface area contributed by atoms with E-state index in [1.807, 2.05) is 0 Å². The van der Waals surface area contributed by atoms with E-state index in [9.17, 15) is 9.59 Å². The third-order valence-corrected chi connectivity index (χ3v) is 4.47. The highest BCUT2D eigenvalue weighted by molar-refractivity contribution is 7.09. The molecule has 0 radical (unpaired) electrons. The van der Waals surface area contributed by atoms with E-state index in [1.165, 1.54) is 11.3 Å². The highest BCUT2D eigenvalue weighted by atomic mass is 32.1. The number of carbonyl (C=O) groups is 2. The Kier molecular flexibility index (Phi) is 6.13. The first-order chi connectivity index (χ1) is 10.2. The van der Waals surface area contributed by atoms with Crippen LogP contribution in [0.2, 0.25) is 0 Å². The molecule has 4 N–H and O–H groups in total. The lowest BCUT2D eigenvalue weighted by molar-refractivity contribution is -0.127. The Morgan fingerprint density at radius 2 is 2.10 bits per heavy atom. The summed E-state index contributed by atoms with van der Waals surface area (Å²) in [6.45, 7) is 1.67. The number of thiazole rings is 1. The number of amides is 2. The van der Waals surface area contributed by atoms with Gasteiger partial charge in [-0.05, 0) is 25.8 Å². The molecule has 1 aromatic heterocycles. The molecule has 1 saturated carbocycles. The van der Waals surface area contributed by atoms with Crippen molar-refractivity contribution in [1.29, 1.82) is 0 Å². The van der Waals surface area contributed by atoms with E-state index in [4.69, 9.17) is 5.73 Å². The van der Waals surface area contributed by atoms with Crippen LogP contribution in [0.4, 0.5) is 0 Å². The van der Waals surface area contributed by atoms with Gasteiger partial charge in [-0.2, -0.15) is 0 Å². The molecule has 2 rings (SSSR count). The van der Waals surface area contributed by atoms with Gasteiger partial charge in [0.25, 0.3) is 5.91 Å². The zero-order valence-electron chi connectivity index (χ0n) is 12.1. The molecule has 7 heteroatoms. The summed E-state index contributed by atoms with van der Waals surface area (Å²) in [5.74, 6) is 0.203. The minimum Gasteiger partial charge on any atom is -0.356 e. The molecule has 0 spiro atoms. The lowest BCUT2D eigenvalue weighted by atomic mass is 9.85. The average molecular weight is 310 g/mol. The first-order valence-electron chi connectivity index (χ1n) is 7.41. The molecule has 1 heterocycles. The van der Waals surface area contributed by atoms with Gasteiger partial charge < -0.3 is 16.4 Å². The van der Waals surface area contributed by atoms with Crippen LogP contribution in [-0.4, -0.2) is 36.4 Å². The Bertz CT molecular complexity index is 485. The second-order valence-electron chi connectivity index (χ2n) is 5.19. The van der Waals surface area contributed by atoms with Gasteiger partial charge >= 0.3 is 0 Å². The maximum absolute atomic E-state index is 11.8. The number of nitrogens with one attached hydrogen (secondary N) is 2. The first kappa shape index (κ1) is 15.9. The Morgan fingerprint density at radius 3 is 2.76 bits per heavy atom. The number of nitrogens with two attached hydrogens (primary N) is 1. The average Bonchev–Trinajstić information content (AvgIpc) is 2.85. The fraction of sp³-hybridized carbons (Fsp3) is 0.643. The van der Waals surface area contributed by atoms with E-state index in [1.54, 1.807) is 5.38 Å². The molecule has 0 aliphatic heterocycles. The molecule has 1 aliphatic carbocycles. The Labute approximate surface area is 128 Å². The monoisotopic (exact) mass is 310 g/mol. The summed E-state index contributed by atoms with van der Waals surface area (Å²) in [6.07, 6.45) is 4.61. The number of aromatic nitrogens is 1. The van der Waals surface area contributed by atoms with Gasteiger partial charge in [-0.25, -0.2) is 4.98 Å². The molecule has 0 bridgehead atoms. The van der Waals surface area contributed by atoms with Crippen molar-refractivity contribution in [3.8, 4) is 0 Å². The van der Waals surface area contributed by atoms with Crippen LogP contribution in [0, 0.1) is 5.92 Å². The molecule has 116 valence electrons. The van der Waals surface area contributed by atoms with Gasteiger partial charge in [0.05, 0.1) is 5.01 Å². The van der Waals surface area contributed by atoms with Gasteiger partial charge in [0, 0.05) is 30.8 Å². The topological polar surface area (TPSA) is 97.1 Å². The molecular weight excluding hydrogens is 288 g/mol. The van der Waals surface area contributed by atoms with E-state index in [0.29, 0.717) is 31.7 Å². The van der Waals surface area contributed by atoms with Crippen molar-refractivity contribution >= 4 is 23.2 Å². The second kappa shape index (κ2) is 8.09. The smallest absolute Gasteiger partial charge is 0.270 e. The Balaban J connectivity index is 1.59. The maximum atomic E-state index is 11.8. The standard InChI is InChI=1S/C14H22N4O2S/c15-6-5-12-18-11(9-21-12)14(20)17-8-2-7-16-13(19)10-3-1-4-10/h9-10H,1-8,15H2,(H,16,19)(H,17,20). The summed E-state index contributed by atoms with van der Waals surface area (Å²) in [6, 6.07) is 0. The molecule has 0 unspecified atom stereocenters. The van der Waals surface area contributed by atoms with Crippen molar-refractivity contribution in [2.45, 2.75) is 32.1 Å². The number of carbonyl (C=O) groups excluding carboxylic acids is 2. The number of rotatable bonds is 8. The van der Waals surface area contributed by atoms with Gasteiger partial charge in [0.2, 0.25) is 5.91 Å². The zero-order chi connectivity index (χ0) is 15.1. The van der Waals surface area contributed by atoms with Crippen molar-refractivity contribution in [3.63, 3.8) is 0 Å². The van der Waals surface area contributed by atoms with E-state index < -0.39 is 0 Å². The molecule has 1 aliphatic rings. The molecule has 0 atom stereocenters. The van der Waals surface area contributed by atoms with Crippen LogP contribution in [0.15, 0.2) is 5.38 Å². The summed E-state index contributed by atoms with van der Waals surface area (Å²) >= 11 is 1.45. The van der Waals surface area contributed by atoms with Crippen LogP contribution in [0.3, 0.4) is 0 Å². The van der Waals surface area contributed by atoms with Crippen molar-refractivity contribution in [2.24, 2.45) is 11.7 Å². The summed E-state index contributed by atoms with van der Waals surface area (Å²) in [7, 11) is 0. The highest BCUT2D eigenvalue weighted by Gasteiger charge is 2.24. The van der Waals surface area contributed by atoms with Crippen LogP contribution in [-0.2, 0) is 11.2 Å². The third-order valence-electron chi connectivity index (χ3n) is 3.56. The second-order valence-corrected chi connectivity index (χ2v) is 6.14. The van der Waals surface area contributed by atoms with Gasteiger partial charge in [-0.15, -0.1) is 11.3 Å². The number of nitrogens with zero attached hydrogens (tertiary/aromatic N) is 1. The largest absolute Gasteiger partial charge is 0.356 e. The van der Waals surface area contributed by atoms with Crippen LogP contribution in [0.25, 0.3) is 0 Å².